The topological polar surface area (TPSA) is 55.1 Å². The van der Waals surface area contributed by atoms with Gasteiger partial charge in [0, 0.05) is 6.54 Å². The van der Waals surface area contributed by atoms with E-state index in [2.05, 4.69) is 5.32 Å². The van der Waals surface area contributed by atoms with Crippen LogP contribution in [0.15, 0.2) is 24.3 Å². The first-order chi connectivity index (χ1) is 6.14. The molecule has 1 aromatic carbocycles. The summed E-state index contributed by atoms with van der Waals surface area (Å²) in [5.41, 5.74) is 7.01. The van der Waals surface area contributed by atoms with E-state index in [9.17, 15) is 4.79 Å². The van der Waals surface area contributed by atoms with Gasteiger partial charge in [-0.05, 0) is 18.1 Å². The third-order valence-corrected chi connectivity index (χ3v) is 2.56. The molecular formula is C10H12N2O. The summed E-state index contributed by atoms with van der Waals surface area (Å²) in [4.78, 5) is 11.3. The van der Waals surface area contributed by atoms with Crippen molar-refractivity contribution in [3.8, 4) is 0 Å². The van der Waals surface area contributed by atoms with Crippen molar-refractivity contribution in [2.45, 2.75) is 19.1 Å². The predicted octanol–water partition coefficient (Wildman–Crippen LogP) is 0.490. The van der Waals surface area contributed by atoms with Gasteiger partial charge in [0.15, 0.2) is 11.4 Å². The first-order valence-electron chi connectivity index (χ1n) is 4.28. The van der Waals surface area contributed by atoms with Gasteiger partial charge in [0.25, 0.3) is 0 Å². The molecule has 0 saturated heterocycles. The maximum Gasteiger partial charge on any atom is 0.168 e. The van der Waals surface area contributed by atoms with Crippen LogP contribution < -0.4 is 11.1 Å². The average molecular weight is 176 g/mol. The molecule has 1 heterocycles. The maximum absolute atomic E-state index is 11.3. The highest BCUT2D eigenvalue weighted by molar-refractivity contribution is 5.88. The van der Waals surface area contributed by atoms with E-state index in [1.54, 1.807) is 0 Å². The Morgan fingerprint density at radius 3 is 2.92 bits per heavy atom. The van der Waals surface area contributed by atoms with Gasteiger partial charge in [-0.25, -0.2) is 0 Å². The smallest absolute Gasteiger partial charge is 0.168 e. The SMILES string of the molecule is CC(=O)C1(N)NCc2ccccc21. The lowest BCUT2D eigenvalue weighted by molar-refractivity contribution is -0.123. The fraction of sp³-hybridized carbons (Fsp3) is 0.300. The number of hydrogen-bond acceptors (Lipinski definition) is 3. The summed E-state index contributed by atoms with van der Waals surface area (Å²) < 4.78 is 0. The van der Waals surface area contributed by atoms with Gasteiger partial charge in [0.05, 0.1) is 0 Å². The number of rotatable bonds is 1. The first-order valence-corrected chi connectivity index (χ1v) is 4.28. The molecule has 68 valence electrons. The minimum atomic E-state index is -0.962. The molecule has 3 heteroatoms. The second kappa shape index (κ2) is 2.65. The average Bonchev–Trinajstić information content (AvgIpc) is 2.47. The third kappa shape index (κ3) is 1.08. The second-order valence-corrected chi connectivity index (χ2v) is 3.37. The molecule has 2 rings (SSSR count). The molecule has 0 amide bonds. The van der Waals surface area contributed by atoms with Crippen LogP contribution in [0.4, 0.5) is 0 Å². The van der Waals surface area contributed by atoms with Gasteiger partial charge in [-0.2, -0.15) is 0 Å². The summed E-state index contributed by atoms with van der Waals surface area (Å²) in [7, 11) is 0. The monoisotopic (exact) mass is 176 g/mol. The van der Waals surface area contributed by atoms with Gasteiger partial charge in [0.1, 0.15) is 0 Å². The quantitative estimate of drug-likeness (QED) is 0.654. The van der Waals surface area contributed by atoms with Gasteiger partial charge in [-0.1, -0.05) is 24.3 Å². The Labute approximate surface area is 76.9 Å². The van der Waals surface area contributed by atoms with Crippen molar-refractivity contribution in [3.05, 3.63) is 35.4 Å². The number of fused-ring (bicyclic) bond motifs is 1. The molecular weight excluding hydrogens is 164 g/mol. The maximum atomic E-state index is 11.3. The molecule has 0 aliphatic carbocycles. The van der Waals surface area contributed by atoms with E-state index >= 15 is 0 Å². The molecule has 0 saturated carbocycles. The summed E-state index contributed by atoms with van der Waals surface area (Å²) in [6.45, 7) is 2.18. The fourth-order valence-corrected chi connectivity index (χ4v) is 1.70. The Kier molecular flexibility index (Phi) is 1.71. The zero-order chi connectivity index (χ0) is 9.47. The summed E-state index contributed by atoms with van der Waals surface area (Å²) >= 11 is 0. The number of ketones is 1. The van der Waals surface area contributed by atoms with Crippen LogP contribution in [0, 0.1) is 0 Å². The van der Waals surface area contributed by atoms with Crippen LogP contribution >= 0.6 is 0 Å². The first kappa shape index (κ1) is 8.41. The van der Waals surface area contributed by atoms with Crippen molar-refractivity contribution in [2.75, 3.05) is 0 Å². The summed E-state index contributed by atoms with van der Waals surface area (Å²) in [5.74, 6) is -0.0440. The van der Waals surface area contributed by atoms with Gasteiger partial charge in [-0.15, -0.1) is 0 Å². The lowest BCUT2D eigenvalue weighted by atomic mass is 9.97. The second-order valence-electron chi connectivity index (χ2n) is 3.37. The summed E-state index contributed by atoms with van der Waals surface area (Å²) in [5, 5.41) is 3.03. The zero-order valence-electron chi connectivity index (χ0n) is 7.50. The Hall–Kier alpha value is -1.19. The van der Waals surface area contributed by atoms with Crippen LogP contribution in [0.25, 0.3) is 0 Å². The highest BCUT2D eigenvalue weighted by Crippen LogP contribution is 2.26. The number of benzene rings is 1. The van der Waals surface area contributed by atoms with E-state index in [-0.39, 0.29) is 5.78 Å². The van der Waals surface area contributed by atoms with Crippen LogP contribution in [-0.2, 0) is 17.0 Å². The van der Waals surface area contributed by atoms with E-state index in [0.29, 0.717) is 6.54 Å². The minimum Gasteiger partial charge on any atom is -0.303 e. The van der Waals surface area contributed by atoms with Gasteiger partial charge >= 0.3 is 0 Å². The van der Waals surface area contributed by atoms with Crippen molar-refractivity contribution < 1.29 is 4.79 Å². The lowest BCUT2D eigenvalue weighted by Gasteiger charge is -2.21. The largest absolute Gasteiger partial charge is 0.303 e. The molecule has 0 fully saturated rings. The lowest BCUT2D eigenvalue weighted by Crippen LogP contribution is -2.51. The van der Waals surface area contributed by atoms with Crippen molar-refractivity contribution in [3.63, 3.8) is 0 Å². The molecule has 3 N–H and O–H groups in total. The van der Waals surface area contributed by atoms with E-state index in [1.165, 1.54) is 6.92 Å². The summed E-state index contributed by atoms with van der Waals surface area (Å²) in [6.07, 6.45) is 0. The number of nitrogens with one attached hydrogen (secondary N) is 1. The Morgan fingerprint density at radius 2 is 2.23 bits per heavy atom. The number of carbonyl (C=O) groups is 1. The third-order valence-electron chi connectivity index (χ3n) is 2.56. The minimum absolute atomic E-state index is 0.0440. The molecule has 13 heavy (non-hydrogen) atoms. The van der Waals surface area contributed by atoms with Crippen molar-refractivity contribution >= 4 is 5.78 Å². The van der Waals surface area contributed by atoms with Crippen molar-refractivity contribution in [1.82, 2.24) is 5.32 Å². The molecule has 1 aliphatic heterocycles. The Bertz CT molecular complexity index is 362. The molecule has 3 nitrogen and oxygen atoms in total. The van der Waals surface area contributed by atoms with E-state index < -0.39 is 5.66 Å². The Morgan fingerprint density at radius 1 is 1.54 bits per heavy atom. The van der Waals surface area contributed by atoms with E-state index in [1.807, 2.05) is 24.3 Å². The van der Waals surface area contributed by atoms with Crippen LogP contribution in [0.1, 0.15) is 18.1 Å². The predicted molar refractivity (Wildman–Crippen MR) is 49.8 cm³/mol. The molecule has 0 aromatic heterocycles. The molecule has 1 unspecified atom stereocenters. The fourth-order valence-electron chi connectivity index (χ4n) is 1.70. The van der Waals surface area contributed by atoms with Crippen LogP contribution in [0.5, 0.6) is 0 Å². The van der Waals surface area contributed by atoms with E-state index in [0.717, 1.165) is 11.1 Å². The molecule has 0 bridgehead atoms. The molecule has 1 aromatic rings. The number of Topliss-reactive ketones (excluding diaryl/α,β-unsaturated/α-hetero) is 1. The summed E-state index contributed by atoms with van der Waals surface area (Å²) in [6, 6.07) is 7.74. The van der Waals surface area contributed by atoms with Gasteiger partial charge in [0.2, 0.25) is 0 Å². The number of carbonyl (C=O) groups excluding carboxylic acids is 1. The highest BCUT2D eigenvalue weighted by Gasteiger charge is 2.38. The molecule has 1 aliphatic rings. The van der Waals surface area contributed by atoms with Crippen molar-refractivity contribution in [1.29, 1.82) is 0 Å². The van der Waals surface area contributed by atoms with Crippen LogP contribution in [0.3, 0.4) is 0 Å². The number of hydrogen-bond donors (Lipinski definition) is 2. The van der Waals surface area contributed by atoms with Gasteiger partial charge < -0.3 is 5.73 Å². The molecule has 0 spiro atoms. The van der Waals surface area contributed by atoms with Gasteiger partial charge in [-0.3, -0.25) is 10.1 Å². The standard InChI is InChI=1S/C10H12N2O/c1-7(13)10(11)9-5-3-2-4-8(9)6-12-10/h2-5,12H,6,11H2,1H3. The van der Waals surface area contributed by atoms with Crippen LogP contribution in [-0.4, -0.2) is 5.78 Å². The van der Waals surface area contributed by atoms with Crippen molar-refractivity contribution in [2.24, 2.45) is 5.73 Å². The zero-order valence-corrected chi connectivity index (χ0v) is 7.50. The highest BCUT2D eigenvalue weighted by atomic mass is 16.1. The molecule has 1 atom stereocenters. The van der Waals surface area contributed by atoms with E-state index in [4.69, 9.17) is 5.73 Å². The Balaban J connectivity index is 2.55. The van der Waals surface area contributed by atoms with Crippen LogP contribution in [0.2, 0.25) is 0 Å². The number of nitrogens with two attached hydrogens (primary N) is 1. The molecule has 0 radical (unpaired) electrons. The normalized spacial score (nSPS) is 25.7.